The van der Waals surface area contributed by atoms with Gasteiger partial charge in [-0.25, -0.2) is 4.79 Å². The molecule has 1 fully saturated rings. The van der Waals surface area contributed by atoms with E-state index in [1.54, 1.807) is 0 Å². The summed E-state index contributed by atoms with van der Waals surface area (Å²) in [6.07, 6.45) is 7.19. The fourth-order valence-electron chi connectivity index (χ4n) is 5.90. The molecule has 0 heterocycles. The van der Waals surface area contributed by atoms with Gasteiger partial charge in [0.15, 0.2) is 6.61 Å². The first-order valence-corrected chi connectivity index (χ1v) is 13.1. The third-order valence-electron chi connectivity index (χ3n) is 7.54. The van der Waals surface area contributed by atoms with Crippen LogP contribution in [0.3, 0.4) is 0 Å². The van der Waals surface area contributed by atoms with E-state index in [1.807, 2.05) is 12.1 Å². The second-order valence-electron chi connectivity index (χ2n) is 9.93. The zero-order chi connectivity index (χ0) is 26.1. The molecule has 0 unspecified atom stereocenters. The molecule has 0 radical (unpaired) electrons. The number of ether oxygens (including phenoxy) is 3. The number of benzene rings is 1. The predicted octanol–water partition coefficient (Wildman–Crippen LogP) is 2.60. The van der Waals surface area contributed by atoms with Gasteiger partial charge in [-0.2, -0.15) is 0 Å². The van der Waals surface area contributed by atoms with Crippen LogP contribution in [0.25, 0.3) is 0 Å². The molecule has 2 aliphatic carbocycles. The molecule has 36 heavy (non-hydrogen) atoms. The van der Waals surface area contributed by atoms with Crippen molar-refractivity contribution in [1.82, 2.24) is 0 Å². The summed E-state index contributed by atoms with van der Waals surface area (Å²) in [5.74, 6) is -0.528. The maximum Gasteiger partial charge on any atom is 0.341 e. The summed E-state index contributed by atoms with van der Waals surface area (Å²) in [5, 5.41) is 9.03. The Morgan fingerprint density at radius 2 is 1.86 bits per heavy atom. The molecule has 3 rings (SSSR count). The molecule has 1 aromatic carbocycles. The molecule has 0 amide bonds. The summed E-state index contributed by atoms with van der Waals surface area (Å²) in [4.78, 5) is 35.1. The van der Waals surface area contributed by atoms with E-state index < -0.39 is 17.9 Å². The number of hydrogen-bond donors (Lipinski definition) is 3. The average molecular weight is 505 g/mol. The van der Waals surface area contributed by atoms with E-state index in [9.17, 15) is 14.4 Å². The predicted molar refractivity (Wildman–Crippen MR) is 133 cm³/mol. The smallest absolute Gasteiger partial charge is 0.341 e. The van der Waals surface area contributed by atoms with E-state index in [1.165, 1.54) is 0 Å². The van der Waals surface area contributed by atoms with E-state index in [0.29, 0.717) is 18.1 Å². The molecule has 0 spiro atoms. The van der Waals surface area contributed by atoms with Gasteiger partial charge in [-0.05, 0) is 79.9 Å². The lowest BCUT2D eigenvalue weighted by atomic mass is 9.73. The van der Waals surface area contributed by atoms with Crippen molar-refractivity contribution in [3.63, 3.8) is 0 Å². The second kappa shape index (κ2) is 13.6. The lowest BCUT2D eigenvalue weighted by Gasteiger charge is -2.33. The van der Waals surface area contributed by atoms with Crippen LogP contribution in [0.5, 0.6) is 5.75 Å². The van der Waals surface area contributed by atoms with Gasteiger partial charge in [0.25, 0.3) is 0 Å². The molecule has 1 aromatic rings. The number of fused-ring (bicyclic) bond motifs is 2. The van der Waals surface area contributed by atoms with Gasteiger partial charge in [0.05, 0.1) is 13.1 Å². The first kappa shape index (κ1) is 27.9. The Morgan fingerprint density at radius 1 is 1.08 bits per heavy atom. The van der Waals surface area contributed by atoms with Crippen LogP contribution in [0.1, 0.15) is 63.0 Å². The number of carboxylic acid groups (broad SMARTS) is 1. The van der Waals surface area contributed by atoms with Gasteiger partial charge < -0.3 is 30.8 Å². The highest BCUT2D eigenvalue weighted by atomic mass is 16.5. The Labute approximate surface area is 212 Å². The number of carbonyl (C=O) groups is 3. The van der Waals surface area contributed by atoms with Crippen LogP contribution < -0.4 is 16.2 Å². The van der Waals surface area contributed by atoms with Gasteiger partial charge in [0.2, 0.25) is 0 Å². The van der Waals surface area contributed by atoms with Crippen LogP contribution in [0.15, 0.2) is 18.2 Å². The number of esters is 2. The molecule has 9 heteroatoms. The number of rotatable bonds is 14. The van der Waals surface area contributed by atoms with Crippen molar-refractivity contribution < 1.29 is 33.7 Å². The van der Waals surface area contributed by atoms with E-state index in [-0.39, 0.29) is 43.7 Å². The van der Waals surface area contributed by atoms with Crippen LogP contribution in [0, 0.1) is 17.8 Å². The van der Waals surface area contributed by atoms with Crippen LogP contribution in [0.4, 0.5) is 0 Å². The summed E-state index contributed by atoms with van der Waals surface area (Å²) in [7, 11) is 0. The fourth-order valence-corrected chi connectivity index (χ4v) is 5.90. The molecule has 0 bridgehead atoms. The van der Waals surface area contributed by atoms with Gasteiger partial charge in [0.1, 0.15) is 18.0 Å². The Balaban J connectivity index is 1.76. The molecule has 1 saturated carbocycles. The van der Waals surface area contributed by atoms with Crippen LogP contribution in [-0.2, 0) is 36.7 Å². The quantitative estimate of drug-likeness (QED) is 0.256. The summed E-state index contributed by atoms with van der Waals surface area (Å²) in [6.45, 7) is 1.44. The van der Waals surface area contributed by atoms with Crippen molar-refractivity contribution >= 4 is 17.9 Å². The zero-order valence-corrected chi connectivity index (χ0v) is 21.2. The van der Waals surface area contributed by atoms with E-state index in [4.69, 9.17) is 30.8 Å². The highest BCUT2D eigenvalue weighted by Crippen LogP contribution is 2.49. The van der Waals surface area contributed by atoms with Crippen molar-refractivity contribution in [3.05, 3.63) is 29.3 Å². The normalized spacial score (nSPS) is 23.3. The zero-order valence-electron chi connectivity index (χ0n) is 21.2. The molecule has 2 aliphatic rings. The molecule has 0 aliphatic heterocycles. The number of nitrogens with two attached hydrogens (primary N) is 2. The minimum absolute atomic E-state index is 0.118. The van der Waals surface area contributed by atoms with E-state index in [2.05, 4.69) is 13.0 Å². The maximum atomic E-state index is 12.1. The van der Waals surface area contributed by atoms with Crippen molar-refractivity contribution in [3.8, 4) is 5.75 Å². The SMILES string of the molecule is CCCCC[C@@H](CC[C@@H]1[C@H]2Cc3cccc(OCC(=O)O)c3C[C@H]2C[C@H]1OC(=O)CN)OC(=O)CN. The molecular weight excluding hydrogens is 464 g/mol. The van der Waals surface area contributed by atoms with E-state index >= 15 is 0 Å². The minimum atomic E-state index is -1.01. The largest absolute Gasteiger partial charge is 0.482 e. The van der Waals surface area contributed by atoms with Gasteiger partial charge in [-0.1, -0.05) is 31.9 Å². The third-order valence-corrected chi connectivity index (χ3v) is 7.54. The van der Waals surface area contributed by atoms with Crippen LogP contribution in [0.2, 0.25) is 0 Å². The Hall–Kier alpha value is -2.65. The molecule has 9 nitrogen and oxygen atoms in total. The topological polar surface area (TPSA) is 151 Å². The Bertz CT molecular complexity index is 906. The standard InChI is InChI=1S/C27H40N2O7/c1-2-3-4-7-19(35-26(32)14-28)9-10-20-21-11-17-6-5-8-23(34-16-25(30)31)22(17)12-18(21)13-24(20)36-27(33)15-29/h5-6,8,18-21,24H,2-4,7,9-16,28-29H2,1H3,(H,30,31)/t18-,19-,20+,21-,24+/m0/s1. The first-order valence-electron chi connectivity index (χ1n) is 13.1. The molecular formula is C27H40N2O7. The number of unbranched alkanes of at least 4 members (excludes halogenated alkanes) is 2. The number of carboxylic acids is 1. The highest BCUT2D eigenvalue weighted by molar-refractivity contribution is 5.72. The third kappa shape index (κ3) is 7.43. The minimum Gasteiger partial charge on any atom is -0.482 e. The average Bonchev–Trinajstić information content (AvgIpc) is 3.19. The van der Waals surface area contributed by atoms with E-state index in [0.717, 1.165) is 62.5 Å². The highest BCUT2D eigenvalue weighted by Gasteiger charge is 2.47. The molecule has 5 atom stereocenters. The number of aliphatic carboxylic acids is 1. The molecule has 0 saturated heterocycles. The van der Waals surface area contributed by atoms with Gasteiger partial charge in [-0.3, -0.25) is 9.59 Å². The Kier molecular flexibility index (Phi) is 10.6. The summed E-state index contributed by atoms with van der Waals surface area (Å²) < 4.78 is 17.0. The van der Waals surface area contributed by atoms with Crippen LogP contribution in [-0.4, -0.2) is 54.9 Å². The number of hydrogen-bond acceptors (Lipinski definition) is 8. The summed E-state index contributed by atoms with van der Waals surface area (Å²) in [5.41, 5.74) is 13.2. The molecule has 0 aromatic heterocycles. The lowest BCUT2D eigenvalue weighted by Crippen LogP contribution is -2.32. The monoisotopic (exact) mass is 504 g/mol. The van der Waals surface area contributed by atoms with Gasteiger partial charge >= 0.3 is 17.9 Å². The van der Waals surface area contributed by atoms with Gasteiger partial charge in [-0.15, -0.1) is 0 Å². The number of carbonyl (C=O) groups excluding carboxylic acids is 2. The second-order valence-corrected chi connectivity index (χ2v) is 9.93. The first-order chi connectivity index (χ1) is 17.4. The fraction of sp³-hybridized carbons (Fsp3) is 0.667. The molecule has 5 N–H and O–H groups in total. The maximum absolute atomic E-state index is 12.1. The summed E-state index contributed by atoms with van der Waals surface area (Å²) >= 11 is 0. The lowest BCUT2D eigenvalue weighted by molar-refractivity contribution is -0.150. The molecule has 200 valence electrons. The Morgan fingerprint density at radius 3 is 2.56 bits per heavy atom. The van der Waals surface area contributed by atoms with Gasteiger partial charge in [0, 0.05) is 0 Å². The van der Waals surface area contributed by atoms with Crippen molar-refractivity contribution in [2.45, 2.75) is 76.9 Å². The van der Waals surface area contributed by atoms with Crippen molar-refractivity contribution in [1.29, 1.82) is 0 Å². The van der Waals surface area contributed by atoms with Crippen molar-refractivity contribution in [2.75, 3.05) is 19.7 Å². The van der Waals surface area contributed by atoms with Crippen LogP contribution >= 0.6 is 0 Å². The van der Waals surface area contributed by atoms with Crippen molar-refractivity contribution in [2.24, 2.45) is 29.2 Å². The summed E-state index contributed by atoms with van der Waals surface area (Å²) in [6, 6.07) is 5.77.